The Morgan fingerprint density at radius 3 is 2.43 bits per heavy atom. The molecule has 2 heterocycles. The van der Waals surface area contributed by atoms with Gasteiger partial charge in [-0.3, -0.25) is 9.88 Å². The van der Waals surface area contributed by atoms with Gasteiger partial charge in [-0.25, -0.2) is 0 Å². The average Bonchev–Trinajstić information content (AvgIpc) is 3.01. The largest absolute Gasteiger partial charge is 0.433 e. The summed E-state index contributed by atoms with van der Waals surface area (Å²) in [6.07, 6.45) is -2.41. The molecule has 0 fully saturated rings. The van der Waals surface area contributed by atoms with Gasteiger partial charge < -0.3 is 5.11 Å². The van der Waals surface area contributed by atoms with E-state index in [4.69, 9.17) is 0 Å². The van der Waals surface area contributed by atoms with Crippen LogP contribution in [0, 0.1) is 0 Å². The second kappa shape index (κ2) is 7.90. The molecule has 0 aliphatic carbocycles. The molecule has 3 nitrogen and oxygen atoms in total. The molecule has 7 heteroatoms. The summed E-state index contributed by atoms with van der Waals surface area (Å²) in [7, 11) is 0. The molecule has 0 saturated carbocycles. The molecule has 0 aliphatic rings. The molecule has 0 radical (unpaired) electrons. The highest BCUT2D eigenvalue weighted by atomic mass is 32.1. The van der Waals surface area contributed by atoms with Crippen molar-refractivity contribution >= 4 is 11.3 Å². The van der Waals surface area contributed by atoms with Gasteiger partial charge in [0.05, 0.1) is 6.61 Å². The van der Waals surface area contributed by atoms with Crippen molar-refractivity contribution in [2.75, 3.05) is 6.61 Å². The Morgan fingerprint density at radius 2 is 1.96 bits per heavy atom. The van der Waals surface area contributed by atoms with Gasteiger partial charge in [0.25, 0.3) is 0 Å². The van der Waals surface area contributed by atoms with Gasteiger partial charge in [-0.1, -0.05) is 13.0 Å². The van der Waals surface area contributed by atoms with Crippen molar-refractivity contribution in [1.82, 2.24) is 9.88 Å². The number of thiophene rings is 1. The second-order valence-corrected chi connectivity index (χ2v) is 6.11. The highest BCUT2D eigenvalue weighted by Gasteiger charge is 2.32. The van der Waals surface area contributed by atoms with Crippen molar-refractivity contribution in [3.63, 3.8) is 0 Å². The van der Waals surface area contributed by atoms with Crippen LogP contribution in [0.15, 0.2) is 35.2 Å². The monoisotopic (exact) mass is 344 g/mol. The second-order valence-electron chi connectivity index (χ2n) is 5.33. The van der Waals surface area contributed by atoms with Crippen LogP contribution in [-0.2, 0) is 19.3 Å². The minimum Gasteiger partial charge on any atom is -0.395 e. The number of halogens is 3. The van der Waals surface area contributed by atoms with Crippen LogP contribution in [0.2, 0.25) is 0 Å². The first-order valence-corrected chi connectivity index (χ1v) is 8.26. The van der Waals surface area contributed by atoms with Crippen LogP contribution in [0.3, 0.4) is 0 Å². The molecule has 23 heavy (non-hydrogen) atoms. The van der Waals surface area contributed by atoms with Gasteiger partial charge in [-0.15, -0.1) is 0 Å². The lowest BCUT2D eigenvalue weighted by Crippen LogP contribution is -2.36. The van der Waals surface area contributed by atoms with Crippen LogP contribution in [-0.4, -0.2) is 27.6 Å². The molecule has 1 atom stereocenters. The summed E-state index contributed by atoms with van der Waals surface area (Å²) in [5.74, 6) is 0. The Morgan fingerprint density at radius 1 is 1.22 bits per heavy atom. The number of hydrogen-bond acceptors (Lipinski definition) is 4. The van der Waals surface area contributed by atoms with Gasteiger partial charge in [-0.05, 0) is 40.4 Å². The third-order valence-electron chi connectivity index (χ3n) is 3.66. The molecule has 2 rings (SSSR count). The van der Waals surface area contributed by atoms with Crippen LogP contribution in [0.25, 0.3) is 0 Å². The predicted octanol–water partition coefficient (Wildman–Crippen LogP) is 3.94. The molecule has 1 N–H and O–H groups in total. The van der Waals surface area contributed by atoms with Gasteiger partial charge in [0.15, 0.2) is 0 Å². The SMILES string of the molecule is CC[C@@H](CO)N(Cc1ccc(C(F)(F)F)nc1)Cc1ccsc1. The minimum absolute atomic E-state index is 0.00863. The molecule has 0 amide bonds. The quantitative estimate of drug-likeness (QED) is 0.827. The zero-order valence-electron chi connectivity index (χ0n) is 12.8. The molecule has 0 unspecified atom stereocenters. The van der Waals surface area contributed by atoms with E-state index in [1.807, 2.05) is 23.8 Å². The van der Waals surface area contributed by atoms with Crippen molar-refractivity contribution in [3.05, 3.63) is 52.0 Å². The molecular weight excluding hydrogens is 325 g/mol. The Labute approximate surface area is 137 Å². The molecule has 0 bridgehead atoms. The van der Waals surface area contributed by atoms with E-state index in [0.717, 1.165) is 18.1 Å². The number of pyridine rings is 1. The van der Waals surface area contributed by atoms with E-state index in [9.17, 15) is 18.3 Å². The third-order valence-corrected chi connectivity index (χ3v) is 4.40. The smallest absolute Gasteiger partial charge is 0.395 e. The zero-order chi connectivity index (χ0) is 16.9. The maximum Gasteiger partial charge on any atom is 0.433 e. The Kier molecular flexibility index (Phi) is 6.15. The van der Waals surface area contributed by atoms with Gasteiger partial charge in [-0.2, -0.15) is 24.5 Å². The predicted molar refractivity (Wildman–Crippen MR) is 84.0 cm³/mol. The maximum atomic E-state index is 12.6. The van der Waals surface area contributed by atoms with Crippen LogP contribution in [0.4, 0.5) is 13.2 Å². The molecule has 0 saturated heterocycles. The minimum atomic E-state index is -4.42. The van der Waals surface area contributed by atoms with Gasteiger partial charge in [0, 0.05) is 25.3 Å². The van der Waals surface area contributed by atoms with E-state index in [0.29, 0.717) is 18.7 Å². The number of nitrogens with zero attached hydrogens (tertiary/aromatic N) is 2. The van der Waals surface area contributed by atoms with E-state index >= 15 is 0 Å². The standard InChI is InChI=1S/C16H19F3N2OS/c1-2-14(10-22)21(9-13-5-6-23-11-13)8-12-3-4-15(20-7-12)16(17,18)19/h3-7,11,14,22H,2,8-10H2,1H3/t14-/m0/s1. The number of aromatic nitrogens is 1. The van der Waals surface area contributed by atoms with Crippen LogP contribution in [0.1, 0.15) is 30.2 Å². The highest BCUT2D eigenvalue weighted by Crippen LogP contribution is 2.27. The Balaban J connectivity index is 2.13. The van der Waals surface area contributed by atoms with Crippen molar-refractivity contribution in [1.29, 1.82) is 0 Å². The molecule has 2 aromatic rings. The molecule has 0 aliphatic heterocycles. The summed E-state index contributed by atoms with van der Waals surface area (Å²) in [6, 6.07) is 4.41. The van der Waals surface area contributed by atoms with E-state index in [-0.39, 0.29) is 12.6 Å². The number of hydrogen-bond donors (Lipinski definition) is 1. The van der Waals surface area contributed by atoms with Crippen molar-refractivity contribution in [2.45, 2.75) is 38.7 Å². The topological polar surface area (TPSA) is 36.4 Å². The molecular formula is C16H19F3N2OS. The summed E-state index contributed by atoms with van der Waals surface area (Å²) in [6.45, 7) is 3.07. The van der Waals surface area contributed by atoms with Crippen LogP contribution < -0.4 is 0 Å². The van der Waals surface area contributed by atoms with Gasteiger partial charge in [0.2, 0.25) is 0 Å². The van der Waals surface area contributed by atoms with Gasteiger partial charge in [0.1, 0.15) is 5.69 Å². The maximum absolute atomic E-state index is 12.6. The lowest BCUT2D eigenvalue weighted by molar-refractivity contribution is -0.141. The number of rotatable bonds is 7. The van der Waals surface area contributed by atoms with Crippen LogP contribution in [0.5, 0.6) is 0 Å². The van der Waals surface area contributed by atoms with Crippen molar-refractivity contribution in [2.24, 2.45) is 0 Å². The van der Waals surface area contributed by atoms with E-state index in [1.165, 1.54) is 12.3 Å². The summed E-state index contributed by atoms with van der Waals surface area (Å²) < 4.78 is 37.7. The average molecular weight is 344 g/mol. The number of alkyl halides is 3. The highest BCUT2D eigenvalue weighted by molar-refractivity contribution is 7.07. The molecule has 126 valence electrons. The molecule has 0 aromatic carbocycles. The lowest BCUT2D eigenvalue weighted by atomic mass is 10.1. The number of aliphatic hydroxyl groups is 1. The fourth-order valence-corrected chi connectivity index (χ4v) is 3.01. The lowest BCUT2D eigenvalue weighted by Gasteiger charge is -2.29. The Hall–Kier alpha value is -1.44. The third kappa shape index (κ3) is 5.02. The van der Waals surface area contributed by atoms with Gasteiger partial charge >= 0.3 is 6.18 Å². The first-order chi connectivity index (χ1) is 10.9. The first-order valence-electron chi connectivity index (χ1n) is 7.32. The van der Waals surface area contributed by atoms with E-state index < -0.39 is 11.9 Å². The number of aliphatic hydroxyl groups excluding tert-OH is 1. The summed E-state index contributed by atoms with van der Waals surface area (Å²) in [5.41, 5.74) is 0.932. The van der Waals surface area contributed by atoms with E-state index in [2.05, 4.69) is 9.88 Å². The summed E-state index contributed by atoms with van der Waals surface area (Å²) >= 11 is 1.59. The fraction of sp³-hybridized carbons (Fsp3) is 0.438. The van der Waals surface area contributed by atoms with Crippen molar-refractivity contribution in [3.8, 4) is 0 Å². The summed E-state index contributed by atoms with van der Waals surface area (Å²) in [5, 5.41) is 13.6. The van der Waals surface area contributed by atoms with Crippen LogP contribution >= 0.6 is 11.3 Å². The van der Waals surface area contributed by atoms with E-state index in [1.54, 1.807) is 11.3 Å². The first kappa shape index (κ1) is 17.9. The summed E-state index contributed by atoms with van der Waals surface area (Å²) in [4.78, 5) is 5.56. The fourth-order valence-electron chi connectivity index (χ4n) is 2.35. The normalized spacial score (nSPS) is 13.5. The Bertz CT molecular complexity index is 580. The zero-order valence-corrected chi connectivity index (χ0v) is 13.6. The molecule has 2 aromatic heterocycles. The molecule has 0 spiro atoms. The van der Waals surface area contributed by atoms with Crippen molar-refractivity contribution < 1.29 is 18.3 Å².